The zero-order valence-corrected chi connectivity index (χ0v) is 22.2. The molecule has 0 fully saturated rings. The highest BCUT2D eigenvalue weighted by atomic mass is 19.4. The third-order valence-corrected chi connectivity index (χ3v) is 6.46. The van der Waals surface area contributed by atoms with Crippen molar-refractivity contribution in [1.29, 1.82) is 0 Å². The summed E-state index contributed by atoms with van der Waals surface area (Å²) in [7, 11) is 0. The molecule has 0 spiro atoms. The highest BCUT2D eigenvalue weighted by molar-refractivity contribution is 6.06. The van der Waals surface area contributed by atoms with E-state index in [1.165, 1.54) is 37.5 Å². The fraction of sp³-hybridized carbons (Fsp3) is 0.100. The van der Waals surface area contributed by atoms with Gasteiger partial charge in [0.25, 0.3) is 5.91 Å². The molecule has 2 aromatic heterocycles. The zero-order chi connectivity index (χ0) is 30.2. The molecule has 0 unspecified atom stereocenters. The van der Waals surface area contributed by atoms with E-state index in [4.69, 9.17) is 5.73 Å². The summed E-state index contributed by atoms with van der Waals surface area (Å²) in [5.74, 6) is -0.796. The van der Waals surface area contributed by atoms with Crippen LogP contribution in [-0.4, -0.2) is 31.9 Å². The number of pyridine rings is 1. The van der Waals surface area contributed by atoms with E-state index in [9.17, 15) is 27.9 Å². The molecule has 3 aromatic carbocycles. The molecule has 0 atom stereocenters. The fourth-order valence-electron chi connectivity index (χ4n) is 4.49. The standard InChI is InChI=1S/C30H23F3N6O3/c1-15-6-7-17(28(42)38-21-5-3-4-20(12-21)30(31,32)33)10-22(15)23-11-19-14-36-29(34)39-26(19)25(27(23)41)18-8-9-24(35-13-18)37-16(2)40/h3-14,41H,1-2H3,(H,38,42)(H2,34,36,39)(H,35,37,40). The number of nitrogens with zero attached hydrogens (tertiary/aromatic N) is 3. The Morgan fingerprint density at radius 3 is 2.40 bits per heavy atom. The van der Waals surface area contributed by atoms with Gasteiger partial charge in [0.2, 0.25) is 11.9 Å². The maximum Gasteiger partial charge on any atom is 0.416 e. The average molecular weight is 573 g/mol. The third-order valence-electron chi connectivity index (χ3n) is 6.46. The van der Waals surface area contributed by atoms with Crippen molar-refractivity contribution in [3.8, 4) is 28.0 Å². The molecule has 0 aliphatic heterocycles. The number of nitrogens with one attached hydrogen (secondary N) is 2. The molecule has 5 N–H and O–H groups in total. The molecule has 0 aliphatic rings. The van der Waals surface area contributed by atoms with E-state index in [0.29, 0.717) is 44.5 Å². The van der Waals surface area contributed by atoms with E-state index in [2.05, 4.69) is 25.6 Å². The number of aromatic hydroxyl groups is 1. The molecule has 0 radical (unpaired) electrons. The highest BCUT2D eigenvalue weighted by Gasteiger charge is 2.30. The van der Waals surface area contributed by atoms with Crippen LogP contribution in [0.15, 0.2) is 73.1 Å². The van der Waals surface area contributed by atoms with Crippen molar-refractivity contribution >= 4 is 40.2 Å². The van der Waals surface area contributed by atoms with Crippen molar-refractivity contribution < 1.29 is 27.9 Å². The first kappa shape index (κ1) is 28.0. The highest BCUT2D eigenvalue weighted by Crippen LogP contribution is 2.44. The van der Waals surface area contributed by atoms with Crippen LogP contribution in [0.4, 0.5) is 30.6 Å². The molecule has 42 heavy (non-hydrogen) atoms. The number of aryl methyl sites for hydroxylation is 1. The third kappa shape index (κ3) is 5.68. The lowest BCUT2D eigenvalue weighted by Crippen LogP contribution is -2.13. The smallest absolute Gasteiger partial charge is 0.416 e. The number of halogens is 3. The maximum absolute atomic E-state index is 13.1. The lowest BCUT2D eigenvalue weighted by atomic mass is 9.92. The summed E-state index contributed by atoms with van der Waals surface area (Å²) in [6.07, 6.45) is -1.59. The van der Waals surface area contributed by atoms with Gasteiger partial charge in [-0.3, -0.25) is 9.59 Å². The number of carbonyl (C=O) groups is 2. The molecular formula is C30H23F3N6O3. The molecule has 0 aliphatic carbocycles. The molecular weight excluding hydrogens is 549 g/mol. The Morgan fingerprint density at radius 1 is 0.929 bits per heavy atom. The largest absolute Gasteiger partial charge is 0.507 e. The number of nitrogen functional groups attached to an aromatic ring is 1. The van der Waals surface area contributed by atoms with Gasteiger partial charge in [0.05, 0.1) is 16.6 Å². The number of nitrogens with two attached hydrogens (primary N) is 1. The van der Waals surface area contributed by atoms with E-state index in [1.807, 2.05) is 0 Å². The monoisotopic (exact) mass is 572 g/mol. The molecule has 2 heterocycles. The lowest BCUT2D eigenvalue weighted by Gasteiger charge is -2.16. The van der Waals surface area contributed by atoms with Gasteiger partial charge < -0.3 is 21.5 Å². The van der Waals surface area contributed by atoms with Gasteiger partial charge in [-0.25, -0.2) is 15.0 Å². The Balaban J connectivity index is 1.59. The van der Waals surface area contributed by atoms with Crippen molar-refractivity contribution in [1.82, 2.24) is 15.0 Å². The summed E-state index contributed by atoms with van der Waals surface area (Å²) >= 11 is 0. The van der Waals surface area contributed by atoms with Crippen LogP contribution in [-0.2, 0) is 11.0 Å². The fourth-order valence-corrected chi connectivity index (χ4v) is 4.49. The van der Waals surface area contributed by atoms with Crippen LogP contribution in [0.5, 0.6) is 5.75 Å². The second-order valence-corrected chi connectivity index (χ2v) is 9.49. The number of phenolic OH excluding ortho intramolecular Hbond substituents is 1. The van der Waals surface area contributed by atoms with Gasteiger partial charge in [0.15, 0.2) is 0 Å². The summed E-state index contributed by atoms with van der Waals surface area (Å²) in [6.45, 7) is 3.14. The molecule has 12 heteroatoms. The molecule has 0 bridgehead atoms. The van der Waals surface area contributed by atoms with Crippen LogP contribution in [0.2, 0.25) is 0 Å². The van der Waals surface area contributed by atoms with Gasteiger partial charge in [-0.05, 0) is 66.6 Å². The van der Waals surface area contributed by atoms with E-state index >= 15 is 0 Å². The Hall–Kier alpha value is -5.52. The second-order valence-electron chi connectivity index (χ2n) is 9.49. The van der Waals surface area contributed by atoms with Crippen LogP contribution in [0, 0.1) is 6.92 Å². The molecule has 212 valence electrons. The maximum atomic E-state index is 13.1. The quantitative estimate of drug-likeness (QED) is 0.197. The molecule has 0 saturated heterocycles. The number of alkyl halides is 3. The van der Waals surface area contributed by atoms with E-state index in [-0.39, 0.29) is 28.9 Å². The Morgan fingerprint density at radius 2 is 1.71 bits per heavy atom. The number of hydrogen-bond acceptors (Lipinski definition) is 7. The zero-order valence-electron chi connectivity index (χ0n) is 22.2. The molecule has 2 amide bonds. The second kappa shape index (κ2) is 10.8. The lowest BCUT2D eigenvalue weighted by molar-refractivity contribution is -0.137. The number of fused-ring (bicyclic) bond motifs is 1. The van der Waals surface area contributed by atoms with Gasteiger partial charge in [-0.1, -0.05) is 12.1 Å². The Kier molecular flexibility index (Phi) is 7.21. The summed E-state index contributed by atoms with van der Waals surface area (Å²) in [5.41, 5.74) is 7.79. The SMILES string of the molecule is CC(=O)Nc1ccc(-c2c(O)c(-c3cc(C(=O)Nc4cccc(C(F)(F)F)c4)ccc3C)cc3cnc(N)nc23)cn1. The first-order chi connectivity index (χ1) is 19.9. The number of amides is 2. The summed E-state index contributed by atoms with van der Waals surface area (Å²) in [4.78, 5) is 37.1. The normalized spacial score (nSPS) is 11.4. The first-order valence-electron chi connectivity index (χ1n) is 12.5. The topological polar surface area (TPSA) is 143 Å². The van der Waals surface area contributed by atoms with Crippen LogP contribution >= 0.6 is 0 Å². The minimum atomic E-state index is -4.56. The van der Waals surface area contributed by atoms with Gasteiger partial charge in [-0.2, -0.15) is 13.2 Å². The predicted octanol–water partition coefficient (Wildman–Crippen LogP) is 6.18. The number of carbonyl (C=O) groups excluding carboxylic acids is 2. The number of phenols is 1. The van der Waals surface area contributed by atoms with Gasteiger partial charge in [-0.15, -0.1) is 0 Å². The van der Waals surface area contributed by atoms with Crippen molar-refractivity contribution in [2.24, 2.45) is 0 Å². The first-order valence-corrected chi connectivity index (χ1v) is 12.5. The number of rotatable bonds is 5. The van der Waals surface area contributed by atoms with Crippen molar-refractivity contribution in [2.75, 3.05) is 16.4 Å². The number of benzene rings is 3. The Labute approximate surface area is 237 Å². The number of anilines is 3. The molecule has 9 nitrogen and oxygen atoms in total. The van der Waals surface area contributed by atoms with Crippen molar-refractivity contribution in [3.05, 3.63) is 89.7 Å². The van der Waals surface area contributed by atoms with Crippen LogP contribution in [0.1, 0.15) is 28.4 Å². The van der Waals surface area contributed by atoms with Gasteiger partial charge in [0.1, 0.15) is 11.6 Å². The van der Waals surface area contributed by atoms with Gasteiger partial charge >= 0.3 is 6.18 Å². The van der Waals surface area contributed by atoms with Crippen LogP contribution in [0.25, 0.3) is 33.2 Å². The summed E-state index contributed by atoms with van der Waals surface area (Å²) in [5, 5.41) is 17.2. The molecule has 0 saturated carbocycles. The minimum absolute atomic E-state index is 0.0110. The summed E-state index contributed by atoms with van der Waals surface area (Å²) in [6, 6.07) is 14.0. The van der Waals surface area contributed by atoms with E-state index in [0.717, 1.165) is 12.1 Å². The van der Waals surface area contributed by atoms with Crippen molar-refractivity contribution in [3.63, 3.8) is 0 Å². The minimum Gasteiger partial charge on any atom is -0.507 e. The molecule has 5 aromatic rings. The number of hydrogen-bond donors (Lipinski definition) is 4. The summed E-state index contributed by atoms with van der Waals surface area (Å²) < 4.78 is 39.4. The predicted molar refractivity (Wildman–Crippen MR) is 153 cm³/mol. The molecule has 5 rings (SSSR count). The van der Waals surface area contributed by atoms with E-state index < -0.39 is 17.6 Å². The Bertz CT molecular complexity index is 1860. The van der Waals surface area contributed by atoms with Crippen LogP contribution < -0.4 is 16.4 Å². The van der Waals surface area contributed by atoms with Gasteiger partial charge in [0, 0.05) is 47.1 Å². The van der Waals surface area contributed by atoms with Crippen molar-refractivity contribution in [2.45, 2.75) is 20.0 Å². The number of aromatic nitrogens is 3. The van der Waals surface area contributed by atoms with Crippen LogP contribution in [0.3, 0.4) is 0 Å². The average Bonchev–Trinajstić information content (AvgIpc) is 2.93. The van der Waals surface area contributed by atoms with E-state index in [1.54, 1.807) is 37.3 Å².